The van der Waals surface area contributed by atoms with Gasteiger partial charge in [-0.05, 0) is 6.07 Å². The van der Waals surface area contributed by atoms with Crippen LogP contribution in [0.2, 0.25) is 5.15 Å². The first-order chi connectivity index (χ1) is 10.7. The van der Waals surface area contributed by atoms with Gasteiger partial charge in [-0.1, -0.05) is 48.0 Å². The number of esters is 1. The largest absolute Gasteiger partial charge is 0.456 e. The number of aromatic nitrogens is 2. The van der Waals surface area contributed by atoms with E-state index in [0.29, 0.717) is 10.8 Å². The average molecular weight is 331 g/mol. The lowest BCUT2D eigenvalue weighted by Crippen LogP contribution is -2.05. The number of benzene rings is 1. The summed E-state index contributed by atoms with van der Waals surface area (Å²) in [6.45, 7) is 0.140. The standard InChI is InChI=1S/C16H11ClN2O2S/c17-14-7-6-11(8-18-14)9-21-16(20)13-10-22-15(19-13)12-4-2-1-3-5-12/h1-8,10H,9H2. The third-order valence-corrected chi connectivity index (χ3v) is 4.01. The fourth-order valence-electron chi connectivity index (χ4n) is 1.80. The first-order valence-corrected chi connectivity index (χ1v) is 7.76. The van der Waals surface area contributed by atoms with Crippen LogP contribution in [0.5, 0.6) is 0 Å². The minimum absolute atomic E-state index is 0.140. The maximum atomic E-state index is 12.0. The number of rotatable bonds is 4. The molecule has 0 unspecified atom stereocenters. The summed E-state index contributed by atoms with van der Waals surface area (Å²) in [5.41, 5.74) is 2.07. The van der Waals surface area contributed by atoms with Gasteiger partial charge in [-0.25, -0.2) is 14.8 Å². The molecule has 0 aliphatic carbocycles. The van der Waals surface area contributed by atoms with Crippen molar-refractivity contribution in [1.29, 1.82) is 0 Å². The molecule has 2 aromatic heterocycles. The highest BCUT2D eigenvalue weighted by Gasteiger charge is 2.13. The molecule has 0 radical (unpaired) electrons. The highest BCUT2D eigenvalue weighted by molar-refractivity contribution is 7.13. The van der Waals surface area contributed by atoms with E-state index in [2.05, 4.69) is 9.97 Å². The highest BCUT2D eigenvalue weighted by Crippen LogP contribution is 2.23. The zero-order valence-electron chi connectivity index (χ0n) is 11.4. The number of hydrogen-bond acceptors (Lipinski definition) is 5. The second-order valence-electron chi connectivity index (χ2n) is 4.47. The Hall–Kier alpha value is -2.24. The van der Waals surface area contributed by atoms with Gasteiger partial charge in [0.15, 0.2) is 5.69 Å². The van der Waals surface area contributed by atoms with E-state index >= 15 is 0 Å². The zero-order valence-corrected chi connectivity index (χ0v) is 13.0. The molecular weight excluding hydrogens is 320 g/mol. The fourth-order valence-corrected chi connectivity index (χ4v) is 2.70. The molecule has 0 spiro atoms. The number of thiazole rings is 1. The molecule has 3 aromatic rings. The number of carbonyl (C=O) groups is 1. The summed E-state index contributed by atoms with van der Waals surface area (Å²) in [7, 11) is 0. The quantitative estimate of drug-likeness (QED) is 0.531. The molecule has 0 aliphatic rings. The van der Waals surface area contributed by atoms with Gasteiger partial charge < -0.3 is 4.74 Å². The normalized spacial score (nSPS) is 10.4. The van der Waals surface area contributed by atoms with Crippen molar-refractivity contribution >= 4 is 28.9 Å². The van der Waals surface area contributed by atoms with Crippen LogP contribution in [0.15, 0.2) is 54.0 Å². The Morgan fingerprint density at radius 1 is 1.18 bits per heavy atom. The molecule has 110 valence electrons. The first kappa shape index (κ1) is 14.7. The summed E-state index contributed by atoms with van der Waals surface area (Å²) < 4.78 is 5.23. The van der Waals surface area contributed by atoms with Crippen molar-refractivity contribution in [2.45, 2.75) is 6.61 Å². The van der Waals surface area contributed by atoms with Crippen molar-refractivity contribution in [2.24, 2.45) is 0 Å². The Balaban J connectivity index is 1.66. The summed E-state index contributed by atoms with van der Waals surface area (Å²) in [6, 6.07) is 13.1. The Morgan fingerprint density at radius 3 is 2.73 bits per heavy atom. The van der Waals surface area contributed by atoms with Crippen LogP contribution < -0.4 is 0 Å². The fraction of sp³-hybridized carbons (Fsp3) is 0.0625. The number of carbonyl (C=O) groups excluding carboxylic acids is 1. The minimum Gasteiger partial charge on any atom is -0.456 e. The predicted molar refractivity (Wildman–Crippen MR) is 85.9 cm³/mol. The van der Waals surface area contributed by atoms with Crippen molar-refractivity contribution in [1.82, 2.24) is 9.97 Å². The van der Waals surface area contributed by atoms with Crippen LogP contribution in [0.4, 0.5) is 0 Å². The van der Waals surface area contributed by atoms with Gasteiger partial charge in [-0.2, -0.15) is 0 Å². The van der Waals surface area contributed by atoms with Gasteiger partial charge >= 0.3 is 5.97 Å². The molecule has 0 amide bonds. The van der Waals surface area contributed by atoms with Crippen LogP contribution in [0.1, 0.15) is 16.1 Å². The van der Waals surface area contributed by atoms with E-state index < -0.39 is 5.97 Å². The van der Waals surface area contributed by atoms with Gasteiger partial charge in [-0.3, -0.25) is 0 Å². The molecule has 4 nitrogen and oxygen atoms in total. The number of pyridine rings is 1. The highest BCUT2D eigenvalue weighted by atomic mass is 35.5. The average Bonchev–Trinajstić information content (AvgIpc) is 3.05. The molecular formula is C16H11ClN2O2S. The van der Waals surface area contributed by atoms with Gasteiger partial charge in [0.05, 0.1) is 0 Å². The minimum atomic E-state index is -0.451. The number of halogens is 1. The molecule has 0 N–H and O–H groups in total. The van der Waals surface area contributed by atoms with Crippen LogP contribution in [-0.4, -0.2) is 15.9 Å². The molecule has 0 bridgehead atoms. The van der Waals surface area contributed by atoms with E-state index in [1.807, 2.05) is 30.3 Å². The van der Waals surface area contributed by atoms with Crippen LogP contribution in [0, 0.1) is 0 Å². The lowest BCUT2D eigenvalue weighted by Gasteiger charge is -2.02. The second kappa shape index (κ2) is 6.68. The monoisotopic (exact) mass is 330 g/mol. The van der Waals surface area contributed by atoms with E-state index in [9.17, 15) is 4.79 Å². The van der Waals surface area contributed by atoms with Crippen LogP contribution >= 0.6 is 22.9 Å². The van der Waals surface area contributed by atoms with Gasteiger partial charge in [0.2, 0.25) is 0 Å². The lowest BCUT2D eigenvalue weighted by atomic mass is 10.2. The summed E-state index contributed by atoms with van der Waals surface area (Å²) in [6.07, 6.45) is 1.58. The number of nitrogens with zero attached hydrogens (tertiary/aromatic N) is 2. The Kier molecular flexibility index (Phi) is 4.46. The van der Waals surface area contributed by atoms with Gasteiger partial charge in [-0.15, -0.1) is 11.3 Å². The Bertz CT molecular complexity index is 772. The van der Waals surface area contributed by atoms with E-state index in [4.69, 9.17) is 16.3 Å². The van der Waals surface area contributed by atoms with E-state index in [1.54, 1.807) is 23.7 Å². The smallest absolute Gasteiger partial charge is 0.358 e. The predicted octanol–water partition coefficient (Wildman–Crippen LogP) is 4.22. The first-order valence-electron chi connectivity index (χ1n) is 6.51. The van der Waals surface area contributed by atoms with Crippen LogP contribution in [0.3, 0.4) is 0 Å². The molecule has 0 saturated carbocycles. The number of ether oxygens (including phenoxy) is 1. The number of hydrogen-bond donors (Lipinski definition) is 0. The van der Waals surface area contributed by atoms with E-state index in [-0.39, 0.29) is 6.61 Å². The Labute approximate surface area is 136 Å². The summed E-state index contributed by atoms with van der Waals surface area (Å²) in [5.74, 6) is -0.451. The van der Waals surface area contributed by atoms with Gasteiger partial charge in [0, 0.05) is 22.7 Å². The zero-order chi connectivity index (χ0) is 15.4. The van der Waals surface area contributed by atoms with Crippen LogP contribution in [0.25, 0.3) is 10.6 Å². The van der Waals surface area contributed by atoms with Gasteiger partial charge in [0.1, 0.15) is 16.8 Å². The molecule has 0 aliphatic heterocycles. The molecule has 6 heteroatoms. The Morgan fingerprint density at radius 2 is 2.00 bits per heavy atom. The van der Waals surface area contributed by atoms with E-state index in [0.717, 1.165) is 16.1 Å². The van der Waals surface area contributed by atoms with Gasteiger partial charge in [0.25, 0.3) is 0 Å². The lowest BCUT2D eigenvalue weighted by molar-refractivity contribution is 0.0466. The molecule has 3 rings (SSSR count). The van der Waals surface area contributed by atoms with Crippen molar-refractivity contribution in [3.05, 3.63) is 70.5 Å². The van der Waals surface area contributed by atoms with Crippen molar-refractivity contribution in [3.63, 3.8) is 0 Å². The molecule has 0 atom stereocenters. The summed E-state index contributed by atoms with van der Waals surface area (Å²) in [4.78, 5) is 20.3. The maximum Gasteiger partial charge on any atom is 0.358 e. The molecule has 22 heavy (non-hydrogen) atoms. The van der Waals surface area contributed by atoms with E-state index in [1.165, 1.54) is 11.3 Å². The van der Waals surface area contributed by atoms with Crippen molar-refractivity contribution in [2.75, 3.05) is 0 Å². The van der Waals surface area contributed by atoms with Crippen LogP contribution in [-0.2, 0) is 11.3 Å². The molecule has 1 aromatic carbocycles. The molecule has 2 heterocycles. The third kappa shape index (κ3) is 3.50. The second-order valence-corrected chi connectivity index (χ2v) is 5.71. The maximum absolute atomic E-state index is 12.0. The summed E-state index contributed by atoms with van der Waals surface area (Å²) in [5, 5.41) is 2.90. The third-order valence-electron chi connectivity index (χ3n) is 2.89. The molecule has 0 saturated heterocycles. The SMILES string of the molecule is O=C(OCc1ccc(Cl)nc1)c1csc(-c2ccccc2)n1. The van der Waals surface area contributed by atoms with Crippen molar-refractivity contribution < 1.29 is 9.53 Å². The summed E-state index contributed by atoms with van der Waals surface area (Å²) >= 11 is 7.12. The topological polar surface area (TPSA) is 52.1 Å². The molecule has 0 fully saturated rings. The van der Waals surface area contributed by atoms with Crippen molar-refractivity contribution in [3.8, 4) is 10.6 Å².